The standard InChI is InChI=1S/C21H26N2O4S/c1-16-13-17(2)15-19(14-16)22-21(24)8-5-18-3-6-20(7-4-18)28(25,26)23-9-11-27-12-10-23/h3-4,6-7,13-15H,5,8-12H2,1-2H3,(H,22,24). The Balaban J connectivity index is 1.57. The first-order valence-corrected chi connectivity index (χ1v) is 10.8. The SMILES string of the molecule is Cc1cc(C)cc(NC(=O)CCc2ccc(S(=O)(=O)N3CCOCC3)cc2)c1. The van der Waals surface area contributed by atoms with Gasteiger partial charge < -0.3 is 10.1 Å². The van der Waals surface area contributed by atoms with Crippen molar-refractivity contribution in [2.75, 3.05) is 31.6 Å². The van der Waals surface area contributed by atoms with E-state index < -0.39 is 10.0 Å². The molecule has 6 nitrogen and oxygen atoms in total. The van der Waals surface area contributed by atoms with Gasteiger partial charge in [0, 0.05) is 25.2 Å². The van der Waals surface area contributed by atoms with E-state index in [4.69, 9.17) is 4.74 Å². The highest BCUT2D eigenvalue weighted by Crippen LogP contribution is 2.19. The van der Waals surface area contributed by atoms with Crippen LogP contribution in [0.3, 0.4) is 0 Å². The van der Waals surface area contributed by atoms with Gasteiger partial charge >= 0.3 is 0 Å². The van der Waals surface area contributed by atoms with Crippen LogP contribution in [0.4, 0.5) is 5.69 Å². The number of hydrogen-bond acceptors (Lipinski definition) is 4. The van der Waals surface area contributed by atoms with E-state index in [1.54, 1.807) is 24.3 Å². The molecule has 0 saturated carbocycles. The number of sulfonamides is 1. The zero-order valence-electron chi connectivity index (χ0n) is 16.3. The molecule has 0 spiro atoms. The molecule has 0 radical (unpaired) electrons. The number of morpholine rings is 1. The summed E-state index contributed by atoms with van der Waals surface area (Å²) >= 11 is 0. The summed E-state index contributed by atoms with van der Waals surface area (Å²) in [6.07, 6.45) is 0.886. The van der Waals surface area contributed by atoms with Crippen LogP contribution < -0.4 is 5.32 Å². The van der Waals surface area contributed by atoms with Crippen molar-refractivity contribution < 1.29 is 17.9 Å². The first-order chi connectivity index (χ1) is 13.3. The van der Waals surface area contributed by atoms with Crippen molar-refractivity contribution >= 4 is 21.6 Å². The van der Waals surface area contributed by atoms with Gasteiger partial charge in [0.1, 0.15) is 0 Å². The third-order valence-corrected chi connectivity index (χ3v) is 6.59. The number of aryl methyl sites for hydroxylation is 3. The van der Waals surface area contributed by atoms with E-state index in [-0.39, 0.29) is 10.8 Å². The Hall–Kier alpha value is -2.22. The van der Waals surface area contributed by atoms with E-state index in [9.17, 15) is 13.2 Å². The largest absolute Gasteiger partial charge is 0.379 e. The van der Waals surface area contributed by atoms with Crippen molar-refractivity contribution in [1.29, 1.82) is 0 Å². The van der Waals surface area contributed by atoms with Crippen molar-refractivity contribution in [3.8, 4) is 0 Å². The molecule has 1 N–H and O–H groups in total. The quantitative estimate of drug-likeness (QED) is 0.806. The zero-order valence-corrected chi connectivity index (χ0v) is 17.1. The highest BCUT2D eigenvalue weighted by molar-refractivity contribution is 7.89. The molecule has 150 valence electrons. The number of carbonyl (C=O) groups excluding carboxylic acids is 1. The fourth-order valence-corrected chi connectivity index (χ4v) is 4.70. The maximum Gasteiger partial charge on any atom is 0.243 e. The van der Waals surface area contributed by atoms with Crippen LogP contribution >= 0.6 is 0 Å². The molecular formula is C21H26N2O4S. The molecule has 1 aliphatic rings. The lowest BCUT2D eigenvalue weighted by Crippen LogP contribution is -2.40. The number of benzene rings is 2. The Kier molecular flexibility index (Phi) is 6.49. The number of amides is 1. The minimum Gasteiger partial charge on any atom is -0.379 e. The van der Waals surface area contributed by atoms with E-state index in [2.05, 4.69) is 11.4 Å². The maximum absolute atomic E-state index is 12.6. The lowest BCUT2D eigenvalue weighted by Gasteiger charge is -2.26. The third-order valence-electron chi connectivity index (χ3n) is 4.68. The number of nitrogens with zero attached hydrogens (tertiary/aromatic N) is 1. The molecule has 0 aliphatic carbocycles. The van der Waals surface area contributed by atoms with Gasteiger partial charge in [0.05, 0.1) is 18.1 Å². The number of nitrogens with one attached hydrogen (secondary N) is 1. The first kappa shape index (κ1) is 20.5. The van der Waals surface area contributed by atoms with Gasteiger partial charge in [-0.15, -0.1) is 0 Å². The third kappa shape index (κ3) is 5.19. The predicted octanol–water partition coefficient (Wildman–Crippen LogP) is 2.90. The number of anilines is 1. The van der Waals surface area contributed by atoms with Crippen molar-refractivity contribution in [2.45, 2.75) is 31.6 Å². The Labute approximate surface area is 166 Å². The molecule has 0 bridgehead atoms. The molecule has 1 amide bonds. The number of ether oxygens (including phenoxy) is 1. The molecular weight excluding hydrogens is 376 g/mol. The summed E-state index contributed by atoms with van der Waals surface area (Å²) in [5.74, 6) is -0.0602. The highest BCUT2D eigenvalue weighted by Gasteiger charge is 2.26. The molecule has 7 heteroatoms. The second kappa shape index (κ2) is 8.86. The number of carbonyl (C=O) groups is 1. The van der Waals surface area contributed by atoms with Gasteiger partial charge in [0.2, 0.25) is 15.9 Å². The number of hydrogen-bond donors (Lipinski definition) is 1. The van der Waals surface area contributed by atoms with E-state index in [1.807, 2.05) is 26.0 Å². The zero-order chi connectivity index (χ0) is 20.1. The summed E-state index contributed by atoms with van der Waals surface area (Å²) in [5.41, 5.74) is 3.94. The molecule has 1 heterocycles. The average molecular weight is 403 g/mol. The Morgan fingerprint density at radius 3 is 2.25 bits per heavy atom. The molecule has 1 saturated heterocycles. The van der Waals surface area contributed by atoms with E-state index in [0.717, 1.165) is 22.4 Å². The van der Waals surface area contributed by atoms with Gasteiger partial charge in [-0.25, -0.2) is 8.42 Å². The fourth-order valence-electron chi connectivity index (χ4n) is 3.29. The van der Waals surface area contributed by atoms with E-state index in [0.29, 0.717) is 39.1 Å². The molecule has 0 unspecified atom stereocenters. The second-order valence-corrected chi connectivity index (χ2v) is 9.02. The Morgan fingerprint density at radius 1 is 1.04 bits per heavy atom. The van der Waals surface area contributed by atoms with Gasteiger partial charge in [-0.1, -0.05) is 18.2 Å². The van der Waals surface area contributed by atoms with Crippen LogP contribution in [0.2, 0.25) is 0 Å². The highest BCUT2D eigenvalue weighted by atomic mass is 32.2. The predicted molar refractivity (Wildman–Crippen MR) is 109 cm³/mol. The van der Waals surface area contributed by atoms with Crippen LogP contribution in [0.25, 0.3) is 0 Å². The molecule has 0 aromatic heterocycles. The van der Waals surface area contributed by atoms with Gasteiger partial charge in [0.25, 0.3) is 0 Å². The van der Waals surface area contributed by atoms with Gasteiger partial charge in [0.15, 0.2) is 0 Å². The topological polar surface area (TPSA) is 75.7 Å². The average Bonchev–Trinajstić information content (AvgIpc) is 2.66. The van der Waals surface area contributed by atoms with Crippen LogP contribution in [0, 0.1) is 13.8 Å². The van der Waals surface area contributed by atoms with Crippen LogP contribution in [-0.2, 0) is 26.0 Å². The smallest absolute Gasteiger partial charge is 0.243 e. The normalized spacial score (nSPS) is 15.4. The van der Waals surface area contributed by atoms with Crippen molar-refractivity contribution in [1.82, 2.24) is 4.31 Å². The molecule has 2 aromatic rings. The van der Waals surface area contributed by atoms with E-state index in [1.165, 1.54) is 4.31 Å². The minimum absolute atomic E-state index is 0.0602. The summed E-state index contributed by atoms with van der Waals surface area (Å²) in [6, 6.07) is 12.7. The maximum atomic E-state index is 12.6. The molecule has 2 aromatic carbocycles. The summed E-state index contributed by atoms with van der Waals surface area (Å²) in [5, 5.41) is 2.92. The first-order valence-electron chi connectivity index (χ1n) is 9.39. The van der Waals surface area contributed by atoms with Crippen molar-refractivity contribution in [2.24, 2.45) is 0 Å². The minimum atomic E-state index is -3.48. The molecule has 28 heavy (non-hydrogen) atoms. The summed E-state index contributed by atoms with van der Waals surface area (Å²) < 4.78 is 31.9. The van der Waals surface area contributed by atoms with Crippen molar-refractivity contribution in [3.05, 3.63) is 59.2 Å². The lowest BCUT2D eigenvalue weighted by molar-refractivity contribution is -0.116. The fraction of sp³-hybridized carbons (Fsp3) is 0.381. The number of rotatable bonds is 6. The summed E-state index contributed by atoms with van der Waals surface area (Å²) in [4.78, 5) is 12.5. The summed E-state index contributed by atoms with van der Waals surface area (Å²) in [7, 11) is -3.48. The molecule has 1 aliphatic heterocycles. The second-order valence-electron chi connectivity index (χ2n) is 7.08. The molecule has 0 atom stereocenters. The summed E-state index contributed by atoms with van der Waals surface area (Å²) in [6.45, 7) is 5.59. The van der Waals surface area contributed by atoms with Crippen LogP contribution in [-0.4, -0.2) is 44.9 Å². The van der Waals surface area contributed by atoms with Crippen LogP contribution in [0.1, 0.15) is 23.1 Å². The Bertz CT molecular complexity index is 913. The molecule has 1 fully saturated rings. The van der Waals surface area contributed by atoms with Gasteiger partial charge in [-0.3, -0.25) is 4.79 Å². The van der Waals surface area contributed by atoms with Crippen LogP contribution in [0.5, 0.6) is 0 Å². The van der Waals surface area contributed by atoms with E-state index >= 15 is 0 Å². The van der Waals surface area contributed by atoms with Gasteiger partial charge in [-0.2, -0.15) is 4.31 Å². The van der Waals surface area contributed by atoms with Gasteiger partial charge in [-0.05, 0) is 61.2 Å². The Morgan fingerprint density at radius 2 is 1.64 bits per heavy atom. The monoisotopic (exact) mass is 402 g/mol. The van der Waals surface area contributed by atoms with Crippen LogP contribution in [0.15, 0.2) is 47.4 Å². The lowest BCUT2D eigenvalue weighted by atomic mass is 10.1. The van der Waals surface area contributed by atoms with Crippen molar-refractivity contribution in [3.63, 3.8) is 0 Å². The molecule has 3 rings (SSSR count).